The molecule has 1 aliphatic heterocycles. The molecule has 0 bridgehead atoms. The van der Waals surface area contributed by atoms with E-state index in [2.05, 4.69) is 27.8 Å². The highest BCUT2D eigenvalue weighted by molar-refractivity contribution is 5.98. The van der Waals surface area contributed by atoms with E-state index in [1.165, 1.54) is 17.8 Å². The van der Waals surface area contributed by atoms with Crippen molar-refractivity contribution in [3.63, 3.8) is 0 Å². The van der Waals surface area contributed by atoms with E-state index in [-0.39, 0.29) is 24.0 Å². The number of nitrogens with two attached hydrogens (primary N) is 1. The summed E-state index contributed by atoms with van der Waals surface area (Å²) >= 11 is 0. The van der Waals surface area contributed by atoms with Crippen LogP contribution in [0.25, 0.3) is 0 Å². The Morgan fingerprint density at radius 1 is 1.11 bits per heavy atom. The zero-order valence-electron chi connectivity index (χ0n) is 22.0. The van der Waals surface area contributed by atoms with Crippen LogP contribution >= 0.6 is 0 Å². The lowest BCUT2D eigenvalue weighted by atomic mass is 9.89. The summed E-state index contributed by atoms with van der Waals surface area (Å²) in [5, 5.41) is 6.40. The number of amides is 2. The lowest BCUT2D eigenvalue weighted by Gasteiger charge is -2.33. The minimum absolute atomic E-state index is 0.188. The molecule has 1 fully saturated rings. The molecule has 1 saturated heterocycles. The van der Waals surface area contributed by atoms with Crippen molar-refractivity contribution >= 4 is 29.2 Å². The lowest BCUT2D eigenvalue weighted by Crippen LogP contribution is -2.41. The fourth-order valence-corrected chi connectivity index (χ4v) is 4.44. The van der Waals surface area contributed by atoms with E-state index in [1.54, 1.807) is 29.2 Å². The second kappa shape index (κ2) is 11.5. The standard InChI is InChI=1S/C29H34FN5O3/c1-29(2,3)38-28(37)35-13-11-19(12-14-35)20-8-6-9-22(15-20)34-26-16-25(23(18-33-26)27(31)36)32-17-21-7-4-5-10-24(21)30/h4-10,15-16,18-19H,11-14,17H2,1-3H3,(H2,31,36)(H2,32,33,34). The third-order valence-electron chi connectivity index (χ3n) is 6.37. The predicted octanol–water partition coefficient (Wildman–Crippen LogP) is 5.79. The number of primary amides is 1. The number of benzene rings is 2. The van der Waals surface area contributed by atoms with Gasteiger partial charge in [-0.2, -0.15) is 0 Å². The first-order valence-corrected chi connectivity index (χ1v) is 12.7. The number of carbonyl (C=O) groups is 2. The molecule has 2 heterocycles. The Labute approximate surface area is 222 Å². The van der Waals surface area contributed by atoms with Gasteiger partial charge in [-0.15, -0.1) is 0 Å². The summed E-state index contributed by atoms with van der Waals surface area (Å²) in [6.07, 6.45) is 2.83. The van der Waals surface area contributed by atoms with E-state index in [4.69, 9.17) is 10.5 Å². The summed E-state index contributed by atoms with van der Waals surface area (Å²) in [5.74, 6) is -0.122. The molecule has 2 amide bonds. The third-order valence-corrected chi connectivity index (χ3v) is 6.37. The maximum absolute atomic E-state index is 14.1. The fourth-order valence-electron chi connectivity index (χ4n) is 4.44. The van der Waals surface area contributed by atoms with Crippen LogP contribution in [0.3, 0.4) is 0 Å². The molecular weight excluding hydrogens is 485 g/mol. The van der Waals surface area contributed by atoms with Gasteiger partial charge in [0.05, 0.1) is 11.3 Å². The summed E-state index contributed by atoms with van der Waals surface area (Å²) in [6.45, 7) is 7.08. The van der Waals surface area contributed by atoms with Gasteiger partial charge in [-0.1, -0.05) is 30.3 Å². The van der Waals surface area contributed by atoms with Gasteiger partial charge in [-0.05, 0) is 63.3 Å². The topological polar surface area (TPSA) is 110 Å². The number of nitrogens with one attached hydrogen (secondary N) is 2. The first-order valence-electron chi connectivity index (χ1n) is 12.7. The van der Waals surface area contributed by atoms with Crippen LogP contribution < -0.4 is 16.4 Å². The zero-order valence-corrected chi connectivity index (χ0v) is 22.0. The minimum Gasteiger partial charge on any atom is -0.444 e. The quantitative estimate of drug-likeness (QED) is 0.365. The van der Waals surface area contributed by atoms with Crippen molar-refractivity contribution < 1.29 is 18.7 Å². The van der Waals surface area contributed by atoms with E-state index in [1.807, 2.05) is 32.9 Å². The number of ether oxygens (including phenoxy) is 1. The van der Waals surface area contributed by atoms with Crippen LogP contribution in [0.2, 0.25) is 0 Å². The molecule has 4 rings (SSSR count). The average Bonchev–Trinajstić information content (AvgIpc) is 2.87. The smallest absolute Gasteiger partial charge is 0.410 e. The maximum atomic E-state index is 14.1. The average molecular weight is 520 g/mol. The Kier molecular flexibility index (Phi) is 8.14. The molecule has 0 unspecified atom stereocenters. The van der Waals surface area contributed by atoms with E-state index in [0.29, 0.717) is 36.1 Å². The monoisotopic (exact) mass is 519 g/mol. The van der Waals surface area contributed by atoms with Gasteiger partial charge in [0.25, 0.3) is 5.91 Å². The molecule has 0 radical (unpaired) electrons. The molecule has 3 aromatic rings. The van der Waals surface area contributed by atoms with Gasteiger partial charge in [0, 0.05) is 43.1 Å². The fraction of sp³-hybridized carbons (Fsp3) is 0.345. The van der Waals surface area contributed by atoms with Gasteiger partial charge in [-0.25, -0.2) is 14.2 Å². The summed E-state index contributed by atoms with van der Waals surface area (Å²) in [6, 6.07) is 16.2. The van der Waals surface area contributed by atoms with Crippen LogP contribution in [0.15, 0.2) is 60.8 Å². The summed E-state index contributed by atoms with van der Waals surface area (Å²) in [7, 11) is 0. The number of rotatable bonds is 7. The number of hydrogen-bond acceptors (Lipinski definition) is 6. The predicted molar refractivity (Wildman–Crippen MR) is 146 cm³/mol. The molecule has 0 atom stereocenters. The number of carbonyl (C=O) groups excluding carboxylic acids is 2. The largest absolute Gasteiger partial charge is 0.444 e. The lowest BCUT2D eigenvalue weighted by molar-refractivity contribution is 0.0204. The SMILES string of the molecule is CC(C)(C)OC(=O)N1CCC(c2cccc(Nc3cc(NCc4ccccc4F)c(C(N)=O)cn3)c2)CC1. The van der Waals surface area contributed by atoms with Crippen LogP contribution in [0, 0.1) is 5.82 Å². The van der Waals surface area contributed by atoms with Crippen molar-refractivity contribution in [1.29, 1.82) is 0 Å². The molecule has 0 aliphatic carbocycles. The Morgan fingerprint density at radius 3 is 2.53 bits per heavy atom. The van der Waals surface area contributed by atoms with Crippen LogP contribution in [0.5, 0.6) is 0 Å². The number of halogens is 1. The highest BCUT2D eigenvalue weighted by Crippen LogP contribution is 2.31. The molecule has 4 N–H and O–H groups in total. The van der Waals surface area contributed by atoms with Gasteiger partial charge in [0.15, 0.2) is 0 Å². The normalized spacial score (nSPS) is 14.2. The van der Waals surface area contributed by atoms with E-state index in [0.717, 1.165) is 18.5 Å². The molecule has 1 aliphatic rings. The van der Waals surface area contributed by atoms with Crippen LogP contribution in [0.4, 0.5) is 26.4 Å². The molecular formula is C29H34FN5O3. The molecule has 1 aromatic heterocycles. The number of hydrogen-bond donors (Lipinski definition) is 3. The Bertz CT molecular complexity index is 1300. The summed E-state index contributed by atoms with van der Waals surface area (Å²) < 4.78 is 19.6. The molecule has 200 valence electrons. The number of anilines is 3. The first-order chi connectivity index (χ1) is 18.1. The van der Waals surface area contributed by atoms with E-state index < -0.39 is 11.5 Å². The van der Waals surface area contributed by atoms with Gasteiger partial charge in [0.1, 0.15) is 17.2 Å². The number of nitrogens with zero attached hydrogens (tertiary/aromatic N) is 2. The molecule has 8 nitrogen and oxygen atoms in total. The number of likely N-dealkylation sites (tertiary alicyclic amines) is 1. The van der Waals surface area contributed by atoms with Crippen molar-refractivity contribution in [1.82, 2.24) is 9.88 Å². The van der Waals surface area contributed by atoms with Crippen LogP contribution in [-0.4, -0.2) is 40.6 Å². The van der Waals surface area contributed by atoms with Crippen LogP contribution in [-0.2, 0) is 11.3 Å². The Balaban J connectivity index is 1.43. The molecule has 2 aromatic carbocycles. The maximum Gasteiger partial charge on any atom is 0.410 e. The Morgan fingerprint density at radius 2 is 1.84 bits per heavy atom. The van der Waals surface area contributed by atoms with Crippen LogP contribution in [0.1, 0.15) is 61.0 Å². The second-order valence-corrected chi connectivity index (χ2v) is 10.4. The zero-order chi connectivity index (χ0) is 27.3. The number of pyridine rings is 1. The van der Waals surface area contributed by atoms with E-state index >= 15 is 0 Å². The van der Waals surface area contributed by atoms with Crippen molar-refractivity contribution in [3.05, 3.63) is 83.3 Å². The van der Waals surface area contributed by atoms with Crippen molar-refractivity contribution in [2.75, 3.05) is 23.7 Å². The van der Waals surface area contributed by atoms with Gasteiger partial charge in [-0.3, -0.25) is 4.79 Å². The summed E-state index contributed by atoms with van der Waals surface area (Å²) in [5.41, 5.74) is 8.19. The first kappa shape index (κ1) is 26.9. The van der Waals surface area contributed by atoms with Gasteiger partial charge < -0.3 is 26.0 Å². The minimum atomic E-state index is -0.625. The second-order valence-electron chi connectivity index (χ2n) is 10.4. The van der Waals surface area contributed by atoms with Crippen molar-refractivity contribution in [2.45, 2.75) is 51.7 Å². The molecule has 9 heteroatoms. The molecule has 0 spiro atoms. The molecule has 0 saturated carbocycles. The van der Waals surface area contributed by atoms with Gasteiger partial charge in [0.2, 0.25) is 0 Å². The number of aromatic nitrogens is 1. The van der Waals surface area contributed by atoms with E-state index in [9.17, 15) is 14.0 Å². The van der Waals surface area contributed by atoms with Crippen molar-refractivity contribution in [2.24, 2.45) is 5.73 Å². The third kappa shape index (κ3) is 7.00. The summed E-state index contributed by atoms with van der Waals surface area (Å²) in [4.78, 5) is 30.4. The highest BCUT2D eigenvalue weighted by Gasteiger charge is 2.27. The molecule has 38 heavy (non-hydrogen) atoms. The van der Waals surface area contributed by atoms with Crippen molar-refractivity contribution in [3.8, 4) is 0 Å². The highest BCUT2D eigenvalue weighted by atomic mass is 19.1. The van der Waals surface area contributed by atoms with Gasteiger partial charge >= 0.3 is 6.09 Å². The number of piperidine rings is 1. The Hall–Kier alpha value is -4.14.